The molecule has 2 N–H and O–H groups in total. The zero-order valence-corrected chi connectivity index (χ0v) is 13.1. The summed E-state index contributed by atoms with van der Waals surface area (Å²) in [5.41, 5.74) is -0.458. The minimum absolute atomic E-state index is 0.0377. The van der Waals surface area contributed by atoms with E-state index in [0.29, 0.717) is 0 Å². The lowest BCUT2D eigenvalue weighted by Gasteiger charge is -2.21. The second-order valence-electron chi connectivity index (χ2n) is 5.87. The highest BCUT2D eigenvalue weighted by molar-refractivity contribution is 5.94. The van der Waals surface area contributed by atoms with Gasteiger partial charge in [-0.1, -0.05) is 0 Å². The molecule has 8 heteroatoms. The highest BCUT2D eigenvalue weighted by Crippen LogP contribution is 2.09. The number of alkyl carbamates (subject to hydrolysis) is 1. The molecule has 0 radical (unpaired) electrons. The van der Waals surface area contributed by atoms with Gasteiger partial charge in [0, 0.05) is 19.7 Å². The fourth-order valence-corrected chi connectivity index (χ4v) is 1.67. The molecule has 0 aliphatic heterocycles. The molecule has 1 aromatic rings. The van der Waals surface area contributed by atoms with Crippen LogP contribution in [0.5, 0.6) is 0 Å². The molecule has 0 fully saturated rings. The Morgan fingerprint density at radius 2 is 2.05 bits per heavy atom. The molecule has 1 amide bonds. The number of carboxylic acids is 1. The third kappa shape index (κ3) is 5.94. The number of rotatable bonds is 6. The van der Waals surface area contributed by atoms with Crippen LogP contribution in [0.25, 0.3) is 0 Å². The van der Waals surface area contributed by atoms with Gasteiger partial charge in [0.05, 0.1) is 0 Å². The van der Waals surface area contributed by atoms with Gasteiger partial charge in [-0.25, -0.2) is 9.59 Å². The molecule has 1 atom stereocenters. The normalized spacial score (nSPS) is 12.5. The van der Waals surface area contributed by atoms with Gasteiger partial charge in [0.25, 0.3) is 0 Å². The Hall–Kier alpha value is -2.38. The summed E-state index contributed by atoms with van der Waals surface area (Å²) in [5.74, 6) is -1.50. The molecule has 0 aliphatic carbocycles. The van der Waals surface area contributed by atoms with Crippen molar-refractivity contribution in [3.8, 4) is 0 Å². The molecular formula is C14H21N3O5. The van der Waals surface area contributed by atoms with Crippen LogP contribution in [-0.2, 0) is 16.6 Å². The van der Waals surface area contributed by atoms with Crippen LogP contribution in [0.15, 0.2) is 12.3 Å². The molecule has 8 nitrogen and oxygen atoms in total. The van der Waals surface area contributed by atoms with E-state index in [1.807, 2.05) is 0 Å². The van der Waals surface area contributed by atoms with Crippen LogP contribution in [0.2, 0.25) is 0 Å². The van der Waals surface area contributed by atoms with Crippen molar-refractivity contribution in [3.05, 3.63) is 18.0 Å². The Labute approximate surface area is 128 Å². The Kier molecular flexibility index (Phi) is 5.67. The topological polar surface area (TPSA) is 111 Å². The lowest BCUT2D eigenvalue weighted by Crippen LogP contribution is -2.43. The van der Waals surface area contributed by atoms with Crippen molar-refractivity contribution in [2.75, 3.05) is 0 Å². The summed E-state index contributed by atoms with van der Waals surface area (Å²) in [6, 6.07) is 0.363. The van der Waals surface area contributed by atoms with E-state index in [1.54, 1.807) is 40.1 Å². The molecule has 1 heterocycles. The summed E-state index contributed by atoms with van der Waals surface area (Å²) in [5, 5.41) is 15.3. The molecule has 0 saturated heterocycles. The number of aliphatic carboxylic acids is 1. The first-order chi connectivity index (χ1) is 10.1. The van der Waals surface area contributed by atoms with Crippen molar-refractivity contribution in [3.63, 3.8) is 0 Å². The fourth-order valence-electron chi connectivity index (χ4n) is 1.67. The van der Waals surface area contributed by atoms with Crippen LogP contribution in [0, 0.1) is 0 Å². The van der Waals surface area contributed by atoms with Gasteiger partial charge in [-0.3, -0.25) is 9.48 Å². The molecular weight excluding hydrogens is 290 g/mol. The predicted molar refractivity (Wildman–Crippen MR) is 77.6 cm³/mol. The number of aromatic nitrogens is 2. The van der Waals surface area contributed by atoms with Crippen molar-refractivity contribution >= 4 is 17.8 Å². The summed E-state index contributed by atoms with van der Waals surface area (Å²) < 4.78 is 6.49. The number of carboxylic acid groups (broad SMARTS) is 1. The van der Waals surface area contributed by atoms with Crippen LogP contribution < -0.4 is 5.32 Å². The number of carbonyl (C=O) groups is 3. The molecule has 1 rings (SSSR count). The average Bonchev–Trinajstić information content (AvgIpc) is 2.78. The van der Waals surface area contributed by atoms with Gasteiger partial charge in [0.15, 0.2) is 5.78 Å². The average molecular weight is 311 g/mol. The number of Topliss-reactive ketones (excluding diaryl/α,β-unsaturated/α-hetero) is 1. The first-order valence-electron chi connectivity index (χ1n) is 6.83. The quantitative estimate of drug-likeness (QED) is 0.767. The van der Waals surface area contributed by atoms with Crippen LogP contribution in [-0.4, -0.2) is 44.4 Å². The number of nitrogens with zero attached hydrogens (tertiary/aromatic N) is 2. The number of nitrogens with one attached hydrogen (secondary N) is 1. The minimum Gasteiger partial charge on any atom is -0.480 e. The lowest BCUT2D eigenvalue weighted by atomic mass is 10.1. The standard InChI is InChI=1S/C14H21N3O5/c1-14(2,3)22-13(21)15-10(12(19)20)5-6-11(18)9-7-8-17(4)16-9/h7-8,10H,5-6H2,1-4H3,(H,15,21)(H,19,20)/t10-/m1/s1. The van der Waals surface area contributed by atoms with Gasteiger partial charge in [-0.15, -0.1) is 0 Å². The van der Waals surface area contributed by atoms with Gasteiger partial charge in [-0.05, 0) is 33.3 Å². The zero-order valence-electron chi connectivity index (χ0n) is 13.1. The monoisotopic (exact) mass is 311 g/mol. The molecule has 122 valence electrons. The number of hydrogen-bond donors (Lipinski definition) is 2. The fraction of sp³-hybridized carbons (Fsp3) is 0.571. The summed E-state index contributed by atoms with van der Waals surface area (Å²) in [7, 11) is 1.68. The number of ether oxygens (including phenoxy) is 1. The van der Waals surface area contributed by atoms with Gasteiger partial charge >= 0.3 is 12.1 Å². The van der Waals surface area contributed by atoms with Crippen LogP contribution >= 0.6 is 0 Å². The molecule has 0 aliphatic rings. The third-order valence-electron chi connectivity index (χ3n) is 2.65. The van der Waals surface area contributed by atoms with Crippen molar-refractivity contribution in [2.45, 2.75) is 45.3 Å². The number of carbonyl (C=O) groups excluding carboxylic acids is 2. The smallest absolute Gasteiger partial charge is 0.408 e. The van der Waals surface area contributed by atoms with Gasteiger partial charge in [0.1, 0.15) is 17.3 Å². The van der Waals surface area contributed by atoms with E-state index in [1.165, 1.54) is 4.68 Å². The SMILES string of the molecule is Cn1ccc(C(=O)CC[C@@H](NC(=O)OC(C)(C)C)C(=O)O)n1. The van der Waals surface area contributed by atoms with E-state index in [2.05, 4.69) is 10.4 Å². The molecule has 1 aromatic heterocycles. The first kappa shape index (κ1) is 17.7. The van der Waals surface area contributed by atoms with E-state index < -0.39 is 23.7 Å². The van der Waals surface area contributed by atoms with Gasteiger partial charge < -0.3 is 15.2 Å². The number of ketones is 1. The van der Waals surface area contributed by atoms with Crippen molar-refractivity contribution in [1.29, 1.82) is 0 Å². The third-order valence-corrected chi connectivity index (χ3v) is 2.65. The summed E-state index contributed by atoms with van der Waals surface area (Å²) in [6.07, 6.45) is 0.722. The van der Waals surface area contributed by atoms with Gasteiger partial charge in [-0.2, -0.15) is 5.10 Å². The number of hydrogen-bond acceptors (Lipinski definition) is 5. The van der Waals surface area contributed by atoms with E-state index >= 15 is 0 Å². The minimum atomic E-state index is -1.22. The Bertz CT molecular complexity index is 559. The number of amides is 1. The van der Waals surface area contributed by atoms with E-state index in [4.69, 9.17) is 9.84 Å². The largest absolute Gasteiger partial charge is 0.480 e. The Morgan fingerprint density at radius 1 is 1.41 bits per heavy atom. The first-order valence-corrected chi connectivity index (χ1v) is 6.83. The number of aryl methyl sites for hydroxylation is 1. The molecule has 0 unspecified atom stereocenters. The van der Waals surface area contributed by atoms with Crippen LogP contribution in [0.3, 0.4) is 0 Å². The predicted octanol–water partition coefficient (Wildman–Crippen LogP) is 1.36. The van der Waals surface area contributed by atoms with Crippen molar-refractivity contribution in [1.82, 2.24) is 15.1 Å². The molecule has 0 bridgehead atoms. The Morgan fingerprint density at radius 3 is 2.50 bits per heavy atom. The van der Waals surface area contributed by atoms with E-state index in [9.17, 15) is 14.4 Å². The van der Waals surface area contributed by atoms with Crippen molar-refractivity contribution in [2.24, 2.45) is 7.05 Å². The van der Waals surface area contributed by atoms with Crippen LogP contribution in [0.1, 0.15) is 44.1 Å². The highest BCUT2D eigenvalue weighted by Gasteiger charge is 2.25. The molecule has 0 aromatic carbocycles. The molecule has 0 spiro atoms. The summed E-state index contributed by atoms with van der Waals surface area (Å²) in [6.45, 7) is 5.02. The maximum atomic E-state index is 11.9. The zero-order chi connectivity index (χ0) is 16.9. The maximum Gasteiger partial charge on any atom is 0.408 e. The highest BCUT2D eigenvalue weighted by atomic mass is 16.6. The van der Waals surface area contributed by atoms with Gasteiger partial charge in [0.2, 0.25) is 0 Å². The van der Waals surface area contributed by atoms with E-state index in [0.717, 1.165) is 0 Å². The van der Waals surface area contributed by atoms with Crippen LogP contribution in [0.4, 0.5) is 4.79 Å². The second kappa shape index (κ2) is 7.06. The summed E-state index contributed by atoms with van der Waals surface area (Å²) >= 11 is 0. The van der Waals surface area contributed by atoms with E-state index in [-0.39, 0.29) is 24.3 Å². The molecule has 0 saturated carbocycles. The second-order valence-corrected chi connectivity index (χ2v) is 5.87. The molecule has 22 heavy (non-hydrogen) atoms. The van der Waals surface area contributed by atoms with Crippen molar-refractivity contribution < 1.29 is 24.2 Å². The Balaban J connectivity index is 2.56. The lowest BCUT2D eigenvalue weighted by molar-refractivity contribution is -0.139. The maximum absolute atomic E-state index is 11.9. The summed E-state index contributed by atoms with van der Waals surface area (Å²) in [4.78, 5) is 34.6.